The molecule has 2 aliphatic rings. The van der Waals surface area contributed by atoms with Gasteiger partial charge in [0.1, 0.15) is 5.69 Å². The number of fused-ring (bicyclic) bond motifs is 1. The van der Waals surface area contributed by atoms with Gasteiger partial charge in [0.05, 0.1) is 10.6 Å². The Bertz CT molecular complexity index is 822. The maximum atomic E-state index is 11.9. The minimum atomic E-state index is -0.349. The first-order valence-electron chi connectivity index (χ1n) is 9.74. The Kier molecular flexibility index (Phi) is 4.86. The highest BCUT2D eigenvalue weighted by Crippen LogP contribution is 2.41. The number of anilines is 2. The molecule has 2 fully saturated rings. The fourth-order valence-corrected chi connectivity index (χ4v) is 4.12. The van der Waals surface area contributed by atoms with Crippen molar-refractivity contribution in [3.63, 3.8) is 0 Å². The first kappa shape index (κ1) is 18.0. The van der Waals surface area contributed by atoms with E-state index in [1.807, 2.05) is 6.07 Å². The summed E-state index contributed by atoms with van der Waals surface area (Å²) < 4.78 is 4.93. The molecule has 2 aliphatic heterocycles. The maximum absolute atomic E-state index is 11.9. The quantitative estimate of drug-likeness (QED) is 0.595. The number of hydrogen-bond acceptors (Lipinski definition) is 8. The Morgan fingerprint density at radius 3 is 2.33 bits per heavy atom. The van der Waals surface area contributed by atoms with E-state index < -0.39 is 0 Å². The number of rotatable bonds is 4. The number of likely N-dealkylation sites (N-methyl/N-ethyl adjacent to an activating group) is 1. The van der Waals surface area contributed by atoms with Crippen LogP contribution >= 0.6 is 0 Å². The molecule has 0 amide bonds. The highest BCUT2D eigenvalue weighted by atomic mass is 16.6. The molecule has 1 aromatic heterocycles. The number of piperazine rings is 1. The summed E-state index contributed by atoms with van der Waals surface area (Å²) >= 11 is 0. The Balaban J connectivity index is 1.77. The molecule has 9 nitrogen and oxygen atoms in total. The zero-order chi connectivity index (χ0) is 19.0. The van der Waals surface area contributed by atoms with Gasteiger partial charge in [0, 0.05) is 39.3 Å². The van der Waals surface area contributed by atoms with E-state index in [0.717, 1.165) is 64.3 Å². The molecule has 0 atom stereocenters. The topological polar surface area (TPSA) is 91.8 Å². The van der Waals surface area contributed by atoms with E-state index in [1.54, 1.807) is 0 Å². The largest absolute Gasteiger partial charge is 0.367 e. The second-order valence-corrected chi connectivity index (χ2v) is 7.57. The van der Waals surface area contributed by atoms with E-state index in [9.17, 15) is 10.1 Å². The van der Waals surface area contributed by atoms with Crippen LogP contribution in [0.5, 0.6) is 0 Å². The number of benzene rings is 1. The summed E-state index contributed by atoms with van der Waals surface area (Å²) in [5, 5.41) is 19.8. The molecule has 9 heteroatoms. The lowest BCUT2D eigenvalue weighted by Crippen LogP contribution is -2.46. The monoisotopic (exact) mass is 374 g/mol. The molecule has 1 aromatic carbocycles. The van der Waals surface area contributed by atoms with E-state index in [0.29, 0.717) is 17.1 Å². The highest BCUT2D eigenvalue weighted by Gasteiger charge is 2.32. The number of aromatic nitrogens is 2. The van der Waals surface area contributed by atoms with Gasteiger partial charge >= 0.3 is 5.69 Å². The highest BCUT2D eigenvalue weighted by molar-refractivity contribution is 6.00. The molecule has 0 saturated carbocycles. The van der Waals surface area contributed by atoms with Crippen LogP contribution in [0.15, 0.2) is 10.7 Å². The van der Waals surface area contributed by atoms with Crippen LogP contribution in [0, 0.1) is 16.0 Å². The van der Waals surface area contributed by atoms with Gasteiger partial charge in [-0.05, 0) is 41.7 Å². The average Bonchev–Trinajstić information content (AvgIpc) is 3.16. The van der Waals surface area contributed by atoms with Gasteiger partial charge in [-0.2, -0.15) is 0 Å². The molecule has 3 heterocycles. The number of nitrogens with zero attached hydrogens (tertiary/aromatic N) is 6. The molecule has 2 aromatic rings. The first-order valence-corrected chi connectivity index (χ1v) is 9.74. The lowest BCUT2D eigenvalue weighted by molar-refractivity contribution is -0.382. The van der Waals surface area contributed by atoms with Crippen LogP contribution in [0.1, 0.15) is 26.7 Å². The fraction of sp³-hybridized carbons (Fsp3) is 0.667. The Labute approximate surface area is 158 Å². The van der Waals surface area contributed by atoms with E-state index in [-0.39, 0.29) is 16.1 Å². The molecule has 146 valence electrons. The summed E-state index contributed by atoms with van der Waals surface area (Å²) in [4.78, 5) is 18.3. The van der Waals surface area contributed by atoms with Crippen LogP contribution in [0.2, 0.25) is 0 Å². The van der Waals surface area contributed by atoms with Gasteiger partial charge in [0.15, 0.2) is 5.52 Å². The van der Waals surface area contributed by atoms with E-state index in [4.69, 9.17) is 4.63 Å². The van der Waals surface area contributed by atoms with Crippen molar-refractivity contribution in [1.82, 2.24) is 15.2 Å². The smallest absolute Gasteiger partial charge is 0.323 e. The number of nitro benzene ring substituents is 1. The van der Waals surface area contributed by atoms with Gasteiger partial charge in [-0.3, -0.25) is 10.1 Å². The van der Waals surface area contributed by atoms with Crippen LogP contribution in [0.25, 0.3) is 11.0 Å². The molecule has 4 rings (SSSR count). The van der Waals surface area contributed by atoms with Crippen molar-refractivity contribution in [2.75, 3.05) is 55.6 Å². The van der Waals surface area contributed by atoms with Crippen molar-refractivity contribution in [1.29, 1.82) is 0 Å². The first-order chi connectivity index (χ1) is 13.1. The normalized spacial score (nSPS) is 19.8. The van der Waals surface area contributed by atoms with E-state index in [1.165, 1.54) is 0 Å². The minimum absolute atomic E-state index is 0.0109. The lowest BCUT2D eigenvalue weighted by Gasteiger charge is -2.36. The van der Waals surface area contributed by atoms with Crippen molar-refractivity contribution in [3.05, 3.63) is 16.2 Å². The molecule has 0 radical (unpaired) electrons. The minimum Gasteiger partial charge on any atom is -0.367 e. The Morgan fingerprint density at radius 1 is 1.07 bits per heavy atom. The molecule has 0 spiro atoms. The van der Waals surface area contributed by atoms with Crippen LogP contribution < -0.4 is 9.80 Å². The predicted octanol–water partition coefficient (Wildman–Crippen LogP) is 2.51. The molecular weight excluding hydrogens is 348 g/mol. The zero-order valence-corrected chi connectivity index (χ0v) is 15.9. The molecular formula is C18H26N6O3. The van der Waals surface area contributed by atoms with Crippen LogP contribution in [-0.2, 0) is 0 Å². The van der Waals surface area contributed by atoms with Crippen molar-refractivity contribution in [3.8, 4) is 0 Å². The van der Waals surface area contributed by atoms with Crippen molar-refractivity contribution in [2.45, 2.75) is 26.7 Å². The molecule has 0 unspecified atom stereocenters. The fourth-order valence-electron chi connectivity index (χ4n) is 4.12. The number of piperidine rings is 1. The summed E-state index contributed by atoms with van der Waals surface area (Å²) in [6, 6.07) is 1.93. The van der Waals surface area contributed by atoms with Crippen LogP contribution in [0.4, 0.5) is 17.1 Å². The van der Waals surface area contributed by atoms with Crippen molar-refractivity contribution < 1.29 is 9.55 Å². The molecule has 0 bridgehead atoms. The number of hydrogen-bond donors (Lipinski definition) is 0. The maximum Gasteiger partial charge on any atom is 0.323 e. The van der Waals surface area contributed by atoms with E-state index >= 15 is 0 Å². The third kappa shape index (κ3) is 3.31. The van der Waals surface area contributed by atoms with Gasteiger partial charge in [-0.25, -0.2) is 4.63 Å². The summed E-state index contributed by atoms with van der Waals surface area (Å²) in [5.74, 6) is 0.652. The Morgan fingerprint density at radius 2 is 1.70 bits per heavy atom. The summed E-state index contributed by atoms with van der Waals surface area (Å²) in [6.45, 7) is 10.7. The van der Waals surface area contributed by atoms with Crippen molar-refractivity contribution in [2.24, 2.45) is 5.92 Å². The molecule has 0 N–H and O–H groups in total. The van der Waals surface area contributed by atoms with Gasteiger partial charge in [0.25, 0.3) is 0 Å². The third-order valence-corrected chi connectivity index (χ3v) is 5.94. The van der Waals surface area contributed by atoms with Gasteiger partial charge < -0.3 is 14.7 Å². The molecule has 2 saturated heterocycles. The van der Waals surface area contributed by atoms with Crippen LogP contribution in [0.3, 0.4) is 0 Å². The number of nitro groups is 1. The summed E-state index contributed by atoms with van der Waals surface area (Å²) in [7, 11) is 0. The predicted molar refractivity (Wildman–Crippen MR) is 103 cm³/mol. The van der Waals surface area contributed by atoms with Crippen molar-refractivity contribution >= 4 is 28.1 Å². The third-order valence-electron chi connectivity index (χ3n) is 5.94. The Hall–Kier alpha value is -2.42. The summed E-state index contributed by atoms with van der Waals surface area (Å²) in [5.41, 5.74) is 2.28. The standard InChI is InChI=1S/C18H26N6O3/c1-3-21-8-10-23(11-9-21)14-12-15(22-6-4-13(2)5-7-22)18(24(25)26)17-16(14)19-27-20-17/h12-13H,3-11H2,1-2H3. The molecule has 27 heavy (non-hydrogen) atoms. The second-order valence-electron chi connectivity index (χ2n) is 7.57. The van der Waals surface area contributed by atoms with Gasteiger partial charge in [-0.15, -0.1) is 0 Å². The molecule has 0 aliphatic carbocycles. The van der Waals surface area contributed by atoms with Gasteiger partial charge in [-0.1, -0.05) is 13.8 Å². The zero-order valence-electron chi connectivity index (χ0n) is 15.9. The van der Waals surface area contributed by atoms with Gasteiger partial charge in [0.2, 0.25) is 5.52 Å². The van der Waals surface area contributed by atoms with Crippen LogP contribution in [-0.4, -0.2) is 65.9 Å². The lowest BCUT2D eigenvalue weighted by atomic mass is 9.98. The van der Waals surface area contributed by atoms with E-state index in [2.05, 4.69) is 38.9 Å². The summed E-state index contributed by atoms with van der Waals surface area (Å²) in [6.07, 6.45) is 2.08. The average molecular weight is 374 g/mol. The SMILES string of the molecule is CCN1CCN(c2cc(N3CCC(C)CC3)c([N+](=O)[O-])c3nonc23)CC1. The second kappa shape index (κ2) is 7.30.